The summed E-state index contributed by atoms with van der Waals surface area (Å²) in [5, 5.41) is 19.4. The molecule has 34 heavy (non-hydrogen) atoms. The van der Waals surface area contributed by atoms with Gasteiger partial charge in [0.15, 0.2) is 11.4 Å². The number of aromatic nitrogens is 1. The number of carbonyl (C=O) groups excluding carboxylic acids is 2. The number of aliphatic carboxylic acids is 1. The lowest BCUT2D eigenvalue weighted by molar-refractivity contribution is -0.141. The molecule has 10 heteroatoms. The van der Waals surface area contributed by atoms with Crippen LogP contribution in [0.5, 0.6) is 0 Å². The van der Waals surface area contributed by atoms with Crippen molar-refractivity contribution < 1.29 is 24.0 Å². The van der Waals surface area contributed by atoms with E-state index in [1.165, 1.54) is 6.42 Å². The van der Waals surface area contributed by atoms with Crippen molar-refractivity contribution in [3.05, 3.63) is 23.8 Å². The third kappa shape index (κ3) is 5.67. The minimum Gasteiger partial charge on any atom is -0.480 e. The first-order valence-electron chi connectivity index (χ1n) is 12.1. The second-order valence-corrected chi connectivity index (χ2v) is 9.37. The maximum absolute atomic E-state index is 13.4. The second-order valence-electron chi connectivity index (χ2n) is 9.37. The molecule has 4 rings (SSSR count). The lowest BCUT2D eigenvalue weighted by atomic mass is 9.84. The van der Waals surface area contributed by atoms with Crippen LogP contribution >= 0.6 is 0 Å². The molecule has 0 bridgehead atoms. The summed E-state index contributed by atoms with van der Waals surface area (Å²) in [5.74, 6) is -0.660. The highest BCUT2D eigenvalue weighted by Gasteiger charge is 2.37. The van der Waals surface area contributed by atoms with Crippen molar-refractivity contribution in [3.8, 4) is 0 Å². The molecule has 2 aromatic rings. The number of likely N-dealkylation sites (tertiary alicyclic amines) is 1. The van der Waals surface area contributed by atoms with Crippen molar-refractivity contribution in [1.29, 1.82) is 0 Å². The SMILES string of the molecule is Nc1noc2cc(CNC(=O)[C@@H]3CCCN3C(=O)[C@@H](CC3CCCCC3)NCC(=O)O)ccc12. The zero-order valence-electron chi connectivity index (χ0n) is 19.3. The fourth-order valence-electron chi connectivity index (χ4n) is 5.16. The van der Waals surface area contributed by atoms with Gasteiger partial charge in [0.25, 0.3) is 0 Å². The van der Waals surface area contributed by atoms with Crippen LogP contribution in [0.25, 0.3) is 11.0 Å². The fraction of sp³-hybridized carbons (Fsp3) is 0.583. The van der Waals surface area contributed by atoms with Crippen molar-refractivity contribution in [1.82, 2.24) is 20.7 Å². The third-order valence-corrected chi connectivity index (χ3v) is 6.96. The standard InChI is InChI=1S/C24H33N5O5/c25-22-17-9-8-16(12-20(17)34-28-22)13-27-23(32)19-7-4-10-29(19)24(33)18(26-14-21(30)31)11-15-5-2-1-3-6-15/h8-9,12,15,18-19,26H,1-7,10-11,13-14H2,(H2,25,28)(H,27,32)(H,30,31)/t18-,19+/m1/s1. The Labute approximate surface area is 198 Å². The van der Waals surface area contributed by atoms with Gasteiger partial charge in [0.1, 0.15) is 6.04 Å². The normalized spacial score (nSPS) is 19.9. The number of nitrogens with two attached hydrogens (primary N) is 1. The van der Waals surface area contributed by atoms with Crippen LogP contribution in [-0.4, -0.2) is 58.1 Å². The molecule has 2 amide bonds. The number of amides is 2. The Morgan fingerprint density at radius 3 is 2.74 bits per heavy atom. The molecule has 10 nitrogen and oxygen atoms in total. The molecule has 0 spiro atoms. The molecule has 1 aliphatic carbocycles. The van der Waals surface area contributed by atoms with Crippen LogP contribution in [-0.2, 0) is 20.9 Å². The summed E-state index contributed by atoms with van der Waals surface area (Å²) in [4.78, 5) is 39.2. The Hall–Kier alpha value is -3.14. The van der Waals surface area contributed by atoms with E-state index in [4.69, 9.17) is 15.4 Å². The Kier molecular flexibility index (Phi) is 7.66. The molecule has 1 saturated carbocycles. The first-order chi connectivity index (χ1) is 16.4. The molecule has 2 heterocycles. The van der Waals surface area contributed by atoms with Crippen molar-refractivity contribution in [2.75, 3.05) is 18.8 Å². The number of nitrogens with one attached hydrogen (secondary N) is 2. The van der Waals surface area contributed by atoms with Gasteiger partial charge in [-0.3, -0.25) is 19.7 Å². The van der Waals surface area contributed by atoms with E-state index in [1.54, 1.807) is 17.0 Å². The van der Waals surface area contributed by atoms with E-state index in [1.807, 2.05) is 6.07 Å². The first-order valence-corrected chi connectivity index (χ1v) is 12.1. The molecule has 2 fully saturated rings. The number of hydrogen-bond donors (Lipinski definition) is 4. The number of hydrogen-bond acceptors (Lipinski definition) is 7. The lowest BCUT2D eigenvalue weighted by Gasteiger charge is -2.31. The largest absolute Gasteiger partial charge is 0.480 e. The molecule has 2 atom stereocenters. The minimum atomic E-state index is -0.998. The Morgan fingerprint density at radius 1 is 1.18 bits per heavy atom. The van der Waals surface area contributed by atoms with Crippen molar-refractivity contribution in [3.63, 3.8) is 0 Å². The van der Waals surface area contributed by atoms with Crippen LogP contribution in [0.3, 0.4) is 0 Å². The van der Waals surface area contributed by atoms with Crippen molar-refractivity contribution >= 4 is 34.6 Å². The number of anilines is 1. The molecular formula is C24H33N5O5. The summed E-state index contributed by atoms with van der Waals surface area (Å²) < 4.78 is 5.18. The highest BCUT2D eigenvalue weighted by Crippen LogP contribution is 2.29. The average molecular weight is 472 g/mol. The van der Waals surface area contributed by atoms with Crippen molar-refractivity contribution in [2.45, 2.75) is 70.0 Å². The van der Waals surface area contributed by atoms with Crippen LogP contribution in [0.2, 0.25) is 0 Å². The number of nitrogen functional groups attached to an aromatic ring is 1. The molecule has 5 N–H and O–H groups in total. The third-order valence-electron chi connectivity index (χ3n) is 6.96. The van der Waals surface area contributed by atoms with Gasteiger partial charge in [0, 0.05) is 13.1 Å². The van der Waals surface area contributed by atoms with Crippen LogP contribution in [0.15, 0.2) is 22.7 Å². The van der Waals surface area contributed by atoms with E-state index in [9.17, 15) is 14.4 Å². The Morgan fingerprint density at radius 2 is 1.97 bits per heavy atom. The predicted octanol–water partition coefficient (Wildman–Crippen LogP) is 2.03. The zero-order valence-corrected chi connectivity index (χ0v) is 19.3. The minimum absolute atomic E-state index is 0.178. The smallest absolute Gasteiger partial charge is 0.317 e. The quantitative estimate of drug-likeness (QED) is 0.434. The maximum atomic E-state index is 13.4. The van der Waals surface area contributed by atoms with Gasteiger partial charge >= 0.3 is 5.97 Å². The molecule has 0 unspecified atom stereocenters. The number of carboxylic acid groups (broad SMARTS) is 1. The Bertz CT molecular complexity index is 1030. The monoisotopic (exact) mass is 471 g/mol. The first kappa shape index (κ1) is 24.0. The van der Waals surface area contributed by atoms with Gasteiger partial charge in [0.2, 0.25) is 11.8 Å². The summed E-state index contributed by atoms with van der Waals surface area (Å²) in [7, 11) is 0. The number of fused-ring (bicyclic) bond motifs is 1. The van der Waals surface area contributed by atoms with Crippen LogP contribution in [0, 0.1) is 5.92 Å². The Balaban J connectivity index is 1.38. The number of benzene rings is 1. The van der Waals surface area contributed by atoms with Crippen LogP contribution in [0.1, 0.15) is 56.9 Å². The molecule has 184 valence electrons. The van der Waals surface area contributed by atoms with E-state index in [2.05, 4.69) is 15.8 Å². The van der Waals surface area contributed by atoms with Gasteiger partial charge in [-0.25, -0.2) is 0 Å². The summed E-state index contributed by atoms with van der Waals surface area (Å²) in [6.07, 6.45) is 7.55. The highest BCUT2D eigenvalue weighted by atomic mass is 16.5. The van der Waals surface area contributed by atoms with E-state index >= 15 is 0 Å². The number of carbonyl (C=O) groups is 3. The molecule has 1 aliphatic heterocycles. The van der Waals surface area contributed by atoms with Gasteiger partial charge in [-0.2, -0.15) is 0 Å². The lowest BCUT2D eigenvalue weighted by Crippen LogP contribution is -2.53. The van der Waals surface area contributed by atoms with Gasteiger partial charge in [-0.1, -0.05) is 43.3 Å². The van der Waals surface area contributed by atoms with E-state index in [0.29, 0.717) is 36.7 Å². The average Bonchev–Trinajstić information content (AvgIpc) is 3.47. The molecule has 2 aliphatic rings. The predicted molar refractivity (Wildman–Crippen MR) is 126 cm³/mol. The molecule has 0 radical (unpaired) electrons. The van der Waals surface area contributed by atoms with E-state index < -0.39 is 18.1 Å². The molecule has 1 saturated heterocycles. The summed E-state index contributed by atoms with van der Waals surface area (Å²) in [6, 6.07) is 4.29. The zero-order chi connectivity index (χ0) is 24.1. The molecular weight excluding hydrogens is 438 g/mol. The van der Waals surface area contributed by atoms with E-state index in [0.717, 1.165) is 43.1 Å². The fourth-order valence-corrected chi connectivity index (χ4v) is 5.16. The van der Waals surface area contributed by atoms with Gasteiger partial charge in [-0.05, 0) is 42.9 Å². The number of carboxylic acids is 1. The van der Waals surface area contributed by atoms with E-state index in [-0.39, 0.29) is 24.9 Å². The van der Waals surface area contributed by atoms with Crippen LogP contribution < -0.4 is 16.4 Å². The van der Waals surface area contributed by atoms with Crippen LogP contribution in [0.4, 0.5) is 5.82 Å². The summed E-state index contributed by atoms with van der Waals surface area (Å²) in [6.45, 7) is 0.509. The summed E-state index contributed by atoms with van der Waals surface area (Å²) >= 11 is 0. The highest BCUT2D eigenvalue weighted by molar-refractivity contribution is 5.91. The van der Waals surface area contributed by atoms with Crippen molar-refractivity contribution in [2.24, 2.45) is 5.92 Å². The van der Waals surface area contributed by atoms with Gasteiger partial charge in [0.05, 0.1) is 18.0 Å². The second kappa shape index (κ2) is 10.9. The maximum Gasteiger partial charge on any atom is 0.317 e. The topological polar surface area (TPSA) is 151 Å². The summed E-state index contributed by atoms with van der Waals surface area (Å²) in [5.41, 5.74) is 7.14. The number of nitrogens with zero attached hydrogens (tertiary/aromatic N) is 2. The molecule has 1 aromatic heterocycles. The van der Waals surface area contributed by atoms with Gasteiger partial charge < -0.3 is 25.6 Å². The molecule has 1 aromatic carbocycles. The number of rotatable bonds is 9. The van der Waals surface area contributed by atoms with Gasteiger partial charge in [-0.15, -0.1) is 0 Å².